The minimum atomic E-state index is -4.22. The highest BCUT2D eigenvalue weighted by molar-refractivity contribution is 4.98. The van der Waals surface area contributed by atoms with E-state index >= 15 is 0 Å². The zero-order valence-corrected chi connectivity index (χ0v) is 6.77. The highest BCUT2D eigenvalue weighted by Gasteiger charge is 2.38. The van der Waals surface area contributed by atoms with Crippen LogP contribution in [0.1, 0.15) is 6.42 Å². The molecule has 0 aliphatic carbocycles. The topological polar surface area (TPSA) is 23.3 Å². The summed E-state index contributed by atoms with van der Waals surface area (Å²) in [4.78, 5) is 0. The van der Waals surface area contributed by atoms with Crippen molar-refractivity contribution in [3.8, 4) is 0 Å². The largest absolute Gasteiger partial charge is 0.655 e. The number of nitrogens with zero attached hydrogens (tertiary/aromatic N) is 1. The van der Waals surface area contributed by atoms with E-state index in [9.17, 15) is 13.2 Å². The van der Waals surface area contributed by atoms with Crippen LogP contribution in [0.15, 0.2) is 0 Å². The van der Waals surface area contributed by atoms with Crippen molar-refractivity contribution in [1.29, 1.82) is 0 Å². The molecule has 0 aromatic carbocycles. The van der Waals surface area contributed by atoms with Crippen LogP contribution in [-0.2, 0) is 4.74 Å². The quantitative estimate of drug-likeness (QED) is 0.640. The maximum Gasteiger partial charge on any atom is 0.374 e. The summed E-state index contributed by atoms with van der Waals surface area (Å²) < 4.78 is 41.5. The van der Waals surface area contributed by atoms with Gasteiger partial charge >= 0.3 is 6.18 Å². The molecule has 2 unspecified atom stereocenters. The van der Waals surface area contributed by atoms with Gasteiger partial charge in [-0.15, -0.1) is 0 Å². The van der Waals surface area contributed by atoms with E-state index in [0.29, 0.717) is 13.0 Å². The fourth-order valence-electron chi connectivity index (χ4n) is 1.43. The Morgan fingerprint density at radius 1 is 1.50 bits per heavy atom. The Morgan fingerprint density at radius 3 is 2.50 bits per heavy atom. The number of alkyl halides is 3. The average molecular weight is 182 g/mol. The van der Waals surface area contributed by atoms with Gasteiger partial charge in [0.25, 0.3) is 0 Å². The van der Waals surface area contributed by atoms with Gasteiger partial charge in [-0.3, -0.25) is 0 Å². The van der Waals surface area contributed by atoms with E-state index < -0.39 is 18.1 Å². The zero-order chi connectivity index (χ0) is 9.19. The van der Waals surface area contributed by atoms with Crippen molar-refractivity contribution in [2.24, 2.45) is 5.92 Å². The second-order valence-electron chi connectivity index (χ2n) is 2.87. The number of rotatable bonds is 2. The van der Waals surface area contributed by atoms with Crippen molar-refractivity contribution in [1.82, 2.24) is 0 Å². The lowest BCUT2D eigenvalue weighted by Gasteiger charge is -2.34. The minimum absolute atomic E-state index is 0.182. The molecule has 1 fully saturated rings. The van der Waals surface area contributed by atoms with E-state index in [1.54, 1.807) is 0 Å². The van der Waals surface area contributed by atoms with Crippen LogP contribution in [-0.4, -0.2) is 32.5 Å². The maximum absolute atomic E-state index is 12.2. The van der Waals surface area contributed by atoms with Crippen LogP contribution in [0.5, 0.6) is 0 Å². The molecule has 1 heterocycles. The summed E-state index contributed by atoms with van der Waals surface area (Å²) in [5, 5.41) is 3.34. The van der Waals surface area contributed by atoms with Crippen molar-refractivity contribution < 1.29 is 17.9 Å². The van der Waals surface area contributed by atoms with Crippen molar-refractivity contribution >= 4 is 0 Å². The Bertz CT molecular complexity index is 142. The minimum Gasteiger partial charge on any atom is -0.655 e. The van der Waals surface area contributed by atoms with Crippen LogP contribution in [0.4, 0.5) is 13.2 Å². The van der Waals surface area contributed by atoms with Crippen LogP contribution >= 0.6 is 0 Å². The maximum atomic E-state index is 12.2. The van der Waals surface area contributed by atoms with Crippen LogP contribution in [0.25, 0.3) is 5.32 Å². The summed E-state index contributed by atoms with van der Waals surface area (Å²) in [7, 11) is 1.20. The number of hydrogen-bond donors (Lipinski definition) is 0. The highest BCUT2D eigenvalue weighted by Crippen LogP contribution is 2.34. The molecule has 2 nitrogen and oxygen atoms in total. The predicted octanol–water partition coefficient (Wildman–Crippen LogP) is 1.96. The van der Waals surface area contributed by atoms with E-state index in [1.165, 1.54) is 7.05 Å². The molecule has 0 N–H and O–H groups in total. The number of halogens is 3. The summed E-state index contributed by atoms with van der Waals surface area (Å²) in [6.45, 7) is 0.605. The van der Waals surface area contributed by atoms with Crippen LogP contribution in [0.2, 0.25) is 0 Å². The smallest absolute Gasteiger partial charge is 0.374 e. The van der Waals surface area contributed by atoms with E-state index in [-0.39, 0.29) is 6.61 Å². The third-order valence-corrected chi connectivity index (χ3v) is 2.02. The van der Waals surface area contributed by atoms with Crippen LogP contribution in [0, 0.1) is 5.92 Å². The van der Waals surface area contributed by atoms with Gasteiger partial charge in [0.15, 0.2) is 0 Å². The van der Waals surface area contributed by atoms with E-state index in [4.69, 9.17) is 4.74 Å². The van der Waals surface area contributed by atoms with Crippen molar-refractivity contribution in [3.63, 3.8) is 0 Å². The Labute approximate surface area is 69.1 Å². The molecule has 12 heavy (non-hydrogen) atoms. The lowest BCUT2D eigenvalue weighted by atomic mass is 9.99. The van der Waals surface area contributed by atoms with Gasteiger partial charge in [-0.1, -0.05) is 0 Å². The first-order chi connectivity index (χ1) is 5.55. The van der Waals surface area contributed by atoms with Gasteiger partial charge in [-0.25, -0.2) is 0 Å². The summed E-state index contributed by atoms with van der Waals surface area (Å²) in [6.07, 6.45) is -3.76. The third kappa shape index (κ3) is 2.10. The molecule has 1 aliphatic heterocycles. The van der Waals surface area contributed by atoms with Crippen LogP contribution in [0.3, 0.4) is 0 Å². The lowest BCUT2D eigenvalue weighted by Crippen LogP contribution is -2.35. The molecule has 0 bridgehead atoms. The van der Waals surface area contributed by atoms with Gasteiger partial charge in [0.05, 0.1) is 0 Å². The molecule has 1 saturated heterocycles. The molecular formula is C7H11F3NO-. The van der Waals surface area contributed by atoms with Crippen LogP contribution < -0.4 is 0 Å². The third-order valence-electron chi connectivity index (χ3n) is 2.02. The molecular weight excluding hydrogens is 171 g/mol. The summed E-state index contributed by atoms with van der Waals surface area (Å²) >= 11 is 0. The van der Waals surface area contributed by atoms with Gasteiger partial charge in [0.2, 0.25) is 0 Å². The summed E-state index contributed by atoms with van der Waals surface area (Å²) in [6, 6.07) is -1.54. The van der Waals surface area contributed by atoms with Crippen molar-refractivity contribution in [3.05, 3.63) is 5.32 Å². The second-order valence-corrected chi connectivity index (χ2v) is 2.87. The highest BCUT2D eigenvalue weighted by atomic mass is 19.4. The Kier molecular flexibility index (Phi) is 2.95. The molecule has 0 amide bonds. The normalized spacial score (nSPS) is 27.5. The van der Waals surface area contributed by atoms with Crippen molar-refractivity contribution in [2.45, 2.75) is 18.6 Å². The first-order valence-corrected chi connectivity index (χ1v) is 3.79. The molecule has 0 spiro atoms. The van der Waals surface area contributed by atoms with Gasteiger partial charge < -0.3 is 10.1 Å². The second kappa shape index (κ2) is 3.62. The SMILES string of the molecule is C[N-]C(C1CCOC1)C(F)(F)F. The Balaban J connectivity index is 2.54. The lowest BCUT2D eigenvalue weighted by molar-refractivity contribution is -0.150. The molecule has 5 heteroatoms. The number of hydrogen-bond acceptors (Lipinski definition) is 1. The monoisotopic (exact) mass is 182 g/mol. The first kappa shape index (κ1) is 9.80. The molecule has 0 saturated carbocycles. The molecule has 0 aromatic heterocycles. The summed E-state index contributed by atoms with van der Waals surface area (Å²) in [5.74, 6) is -0.477. The standard InChI is InChI=1S/C7H11F3NO/c1-11-6(7(8,9)10)5-2-3-12-4-5/h5-6H,2-4H2,1H3/q-1. The molecule has 1 rings (SSSR count). The fraction of sp³-hybridized carbons (Fsp3) is 1.00. The van der Waals surface area contributed by atoms with E-state index in [1.807, 2.05) is 0 Å². The van der Waals surface area contributed by atoms with Gasteiger partial charge in [-0.2, -0.15) is 20.2 Å². The fourth-order valence-corrected chi connectivity index (χ4v) is 1.43. The number of ether oxygens (including phenoxy) is 1. The first-order valence-electron chi connectivity index (χ1n) is 3.79. The predicted molar refractivity (Wildman–Crippen MR) is 38.1 cm³/mol. The molecule has 0 aromatic rings. The molecule has 1 aliphatic rings. The van der Waals surface area contributed by atoms with E-state index in [2.05, 4.69) is 5.32 Å². The molecule has 2 atom stereocenters. The average Bonchev–Trinajstić information content (AvgIpc) is 2.38. The summed E-state index contributed by atoms with van der Waals surface area (Å²) in [5.41, 5.74) is 0. The molecule has 0 radical (unpaired) electrons. The van der Waals surface area contributed by atoms with E-state index in [0.717, 1.165) is 0 Å². The van der Waals surface area contributed by atoms with Gasteiger partial charge in [-0.05, 0) is 18.4 Å². The Morgan fingerprint density at radius 2 is 2.17 bits per heavy atom. The van der Waals surface area contributed by atoms with Gasteiger partial charge in [0, 0.05) is 13.2 Å². The Hall–Kier alpha value is -0.290. The van der Waals surface area contributed by atoms with Crippen molar-refractivity contribution in [2.75, 3.05) is 20.3 Å². The molecule has 72 valence electrons. The van der Waals surface area contributed by atoms with Gasteiger partial charge in [0.1, 0.15) is 0 Å². The zero-order valence-electron chi connectivity index (χ0n) is 6.77.